The Balaban J connectivity index is 2.83. The Bertz CT molecular complexity index is 455. The lowest BCUT2D eigenvalue weighted by atomic mass is 10.3. The van der Waals surface area contributed by atoms with Crippen molar-refractivity contribution in [2.24, 2.45) is 0 Å². The van der Waals surface area contributed by atoms with Crippen molar-refractivity contribution in [3.8, 4) is 0 Å². The highest BCUT2D eigenvalue weighted by Gasteiger charge is 2.04. The first-order valence-electron chi connectivity index (χ1n) is 3.52. The minimum atomic E-state index is -0.198. The number of hydrogen-bond donors (Lipinski definition) is 2. The molecule has 2 heterocycles. The summed E-state index contributed by atoms with van der Waals surface area (Å²) in [4.78, 5) is 13.6. The number of hydrogen-bond acceptors (Lipinski definition) is 3. The second-order valence-corrected chi connectivity index (χ2v) is 2.46. The predicted molar refractivity (Wildman–Crippen MR) is 42.8 cm³/mol. The first kappa shape index (κ1) is 7.12. The molecule has 2 aromatic heterocycles. The van der Waals surface area contributed by atoms with Gasteiger partial charge >= 0.3 is 0 Å². The number of aromatic amines is 1. The molecule has 0 saturated heterocycles. The van der Waals surface area contributed by atoms with Gasteiger partial charge in [0.15, 0.2) is 0 Å². The number of nitrogens with one attached hydrogen (secondary N) is 1. The standard InChI is InChI=1S/C8H7NO3/c10-4-5-3-6-7(12-5)1-2-9-8(6)11/h1-3,10H,4H2,(H,9,11). The zero-order valence-corrected chi connectivity index (χ0v) is 6.20. The van der Waals surface area contributed by atoms with Gasteiger partial charge in [0.1, 0.15) is 18.0 Å². The van der Waals surface area contributed by atoms with Gasteiger partial charge in [-0.25, -0.2) is 0 Å². The van der Waals surface area contributed by atoms with Gasteiger partial charge in [-0.2, -0.15) is 0 Å². The van der Waals surface area contributed by atoms with Gasteiger partial charge < -0.3 is 14.5 Å². The number of aliphatic hydroxyl groups excluding tert-OH is 1. The molecule has 0 bridgehead atoms. The van der Waals surface area contributed by atoms with Gasteiger partial charge in [0.2, 0.25) is 0 Å². The van der Waals surface area contributed by atoms with Crippen molar-refractivity contribution in [3.05, 3.63) is 34.4 Å². The van der Waals surface area contributed by atoms with Crippen LogP contribution >= 0.6 is 0 Å². The second kappa shape index (κ2) is 2.49. The lowest BCUT2D eigenvalue weighted by Crippen LogP contribution is -2.02. The first-order valence-corrected chi connectivity index (χ1v) is 3.52. The highest BCUT2D eigenvalue weighted by Crippen LogP contribution is 2.14. The number of aromatic nitrogens is 1. The van der Waals surface area contributed by atoms with Crippen molar-refractivity contribution in [2.75, 3.05) is 0 Å². The molecule has 0 aliphatic carbocycles. The van der Waals surface area contributed by atoms with Crippen LogP contribution in [0.3, 0.4) is 0 Å². The van der Waals surface area contributed by atoms with E-state index in [9.17, 15) is 4.79 Å². The van der Waals surface area contributed by atoms with E-state index in [2.05, 4.69) is 4.98 Å². The lowest BCUT2D eigenvalue weighted by molar-refractivity contribution is 0.251. The summed E-state index contributed by atoms with van der Waals surface area (Å²) in [6.07, 6.45) is 1.51. The van der Waals surface area contributed by atoms with Crippen molar-refractivity contribution in [1.82, 2.24) is 4.98 Å². The summed E-state index contributed by atoms with van der Waals surface area (Å²) in [5, 5.41) is 9.20. The van der Waals surface area contributed by atoms with Crippen molar-refractivity contribution in [3.63, 3.8) is 0 Å². The van der Waals surface area contributed by atoms with Gasteiger partial charge in [-0.1, -0.05) is 0 Å². The van der Waals surface area contributed by atoms with Crippen LogP contribution in [0.5, 0.6) is 0 Å². The van der Waals surface area contributed by atoms with E-state index in [1.165, 1.54) is 12.3 Å². The van der Waals surface area contributed by atoms with E-state index in [1.54, 1.807) is 6.07 Å². The maximum absolute atomic E-state index is 11.1. The number of aliphatic hydroxyl groups is 1. The zero-order valence-electron chi connectivity index (χ0n) is 6.20. The highest BCUT2D eigenvalue weighted by atomic mass is 16.4. The average molecular weight is 165 g/mol. The Morgan fingerprint density at radius 3 is 3.08 bits per heavy atom. The molecule has 2 aromatic rings. The van der Waals surface area contributed by atoms with Gasteiger partial charge in [0, 0.05) is 6.20 Å². The van der Waals surface area contributed by atoms with Crippen molar-refractivity contribution in [2.45, 2.75) is 6.61 Å². The Labute approximate surface area is 67.4 Å². The summed E-state index contributed by atoms with van der Waals surface area (Å²) >= 11 is 0. The van der Waals surface area contributed by atoms with Gasteiger partial charge in [-0.3, -0.25) is 4.79 Å². The minimum Gasteiger partial charge on any atom is -0.458 e. The van der Waals surface area contributed by atoms with E-state index in [1.807, 2.05) is 0 Å². The summed E-state index contributed by atoms with van der Waals surface area (Å²) in [7, 11) is 0. The van der Waals surface area contributed by atoms with E-state index in [0.717, 1.165) is 0 Å². The summed E-state index contributed by atoms with van der Waals surface area (Å²) in [5.41, 5.74) is 0.304. The molecule has 12 heavy (non-hydrogen) atoms. The van der Waals surface area contributed by atoms with Crippen LogP contribution in [-0.2, 0) is 6.61 Å². The maximum atomic E-state index is 11.1. The van der Waals surface area contributed by atoms with Crippen LogP contribution in [-0.4, -0.2) is 10.1 Å². The highest BCUT2D eigenvalue weighted by molar-refractivity contribution is 5.76. The fraction of sp³-hybridized carbons (Fsp3) is 0.125. The van der Waals surface area contributed by atoms with E-state index >= 15 is 0 Å². The molecule has 0 saturated carbocycles. The largest absolute Gasteiger partial charge is 0.458 e. The average Bonchev–Trinajstić information content (AvgIpc) is 2.49. The monoisotopic (exact) mass is 165 g/mol. The third-order valence-electron chi connectivity index (χ3n) is 1.66. The molecule has 0 aliphatic heterocycles. The van der Waals surface area contributed by atoms with E-state index in [-0.39, 0.29) is 12.2 Å². The van der Waals surface area contributed by atoms with Crippen LogP contribution in [0.2, 0.25) is 0 Å². The Hall–Kier alpha value is -1.55. The summed E-state index contributed by atoms with van der Waals surface area (Å²) in [5.74, 6) is 0.404. The van der Waals surface area contributed by atoms with Crippen LogP contribution in [0.15, 0.2) is 27.5 Å². The molecule has 4 heteroatoms. The quantitative estimate of drug-likeness (QED) is 0.650. The lowest BCUT2D eigenvalue weighted by Gasteiger charge is -1.84. The normalized spacial score (nSPS) is 10.8. The van der Waals surface area contributed by atoms with Crippen molar-refractivity contribution >= 4 is 11.0 Å². The van der Waals surface area contributed by atoms with Crippen molar-refractivity contribution < 1.29 is 9.52 Å². The second-order valence-electron chi connectivity index (χ2n) is 2.46. The van der Waals surface area contributed by atoms with Crippen LogP contribution in [0.4, 0.5) is 0 Å². The van der Waals surface area contributed by atoms with E-state index in [0.29, 0.717) is 16.7 Å². The molecule has 0 aliphatic rings. The molecule has 62 valence electrons. The number of rotatable bonds is 1. The summed E-state index contributed by atoms with van der Waals surface area (Å²) in [6, 6.07) is 3.18. The third kappa shape index (κ3) is 0.931. The smallest absolute Gasteiger partial charge is 0.259 e. The third-order valence-corrected chi connectivity index (χ3v) is 1.66. The van der Waals surface area contributed by atoms with E-state index < -0.39 is 0 Å². The molecule has 0 fully saturated rings. The number of furan rings is 1. The van der Waals surface area contributed by atoms with Crippen LogP contribution in [0, 0.1) is 0 Å². The summed E-state index contributed by atoms with van der Waals surface area (Å²) in [6.45, 7) is -0.186. The van der Waals surface area contributed by atoms with Gasteiger partial charge in [0.05, 0.1) is 5.39 Å². The Morgan fingerprint density at radius 1 is 1.58 bits per heavy atom. The Morgan fingerprint density at radius 2 is 2.42 bits per heavy atom. The van der Waals surface area contributed by atoms with E-state index in [4.69, 9.17) is 9.52 Å². The summed E-state index contributed by atoms with van der Waals surface area (Å²) < 4.78 is 5.13. The zero-order chi connectivity index (χ0) is 8.55. The number of H-pyrrole nitrogens is 1. The number of pyridine rings is 1. The molecule has 0 amide bonds. The maximum Gasteiger partial charge on any atom is 0.259 e. The topological polar surface area (TPSA) is 66.2 Å². The van der Waals surface area contributed by atoms with Gasteiger partial charge in [-0.05, 0) is 12.1 Å². The molecular weight excluding hydrogens is 158 g/mol. The van der Waals surface area contributed by atoms with Crippen LogP contribution in [0.25, 0.3) is 11.0 Å². The molecule has 0 atom stereocenters. The Kier molecular flexibility index (Phi) is 1.48. The molecule has 0 spiro atoms. The minimum absolute atomic E-state index is 0.186. The van der Waals surface area contributed by atoms with Gasteiger partial charge in [-0.15, -0.1) is 0 Å². The molecule has 0 aromatic carbocycles. The fourth-order valence-corrected chi connectivity index (χ4v) is 1.11. The predicted octanol–water partition coefficient (Wildman–Crippen LogP) is 0.613. The molecule has 2 N–H and O–H groups in total. The fourth-order valence-electron chi connectivity index (χ4n) is 1.11. The van der Waals surface area contributed by atoms with Gasteiger partial charge in [0.25, 0.3) is 5.56 Å². The molecule has 0 unspecified atom stereocenters. The first-order chi connectivity index (χ1) is 5.81. The molecule has 4 nitrogen and oxygen atoms in total. The van der Waals surface area contributed by atoms with Crippen molar-refractivity contribution in [1.29, 1.82) is 0 Å². The van der Waals surface area contributed by atoms with Crippen LogP contribution in [0.1, 0.15) is 5.76 Å². The SMILES string of the molecule is O=c1[nH]ccc2oc(CO)cc12. The molecule has 2 rings (SSSR count). The van der Waals surface area contributed by atoms with Crippen LogP contribution < -0.4 is 5.56 Å². The molecule has 0 radical (unpaired) electrons. The molecular formula is C8H7NO3. The number of fused-ring (bicyclic) bond motifs is 1.